The number of nitrogens with zero attached hydrogens (tertiary/aromatic N) is 3. The van der Waals surface area contributed by atoms with Crippen LogP contribution in [0.1, 0.15) is 44.5 Å². The maximum Gasteiger partial charge on any atom is 0.235 e. The topological polar surface area (TPSA) is 30.7 Å². The van der Waals surface area contributed by atoms with Gasteiger partial charge in [0.05, 0.1) is 33.3 Å². The second-order valence-corrected chi connectivity index (χ2v) is 17.2. The molecule has 0 atom stereocenters. The van der Waals surface area contributed by atoms with Crippen LogP contribution in [0.2, 0.25) is 0 Å². The molecule has 3 heteroatoms. The Labute approximate surface area is 365 Å². The molecule has 292 valence electrons. The number of aromatic nitrogens is 3. The first kappa shape index (κ1) is 34.6. The first-order valence-electron chi connectivity index (χ1n) is 21.8. The molecule has 0 saturated carbocycles. The highest BCUT2D eigenvalue weighted by Gasteiger charge is 2.59. The zero-order valence-electron chi connectivity index (χ0n) is 34.2. The maximum absolute atomic E-state index is 5.42. The number of benzene rings is 9. The second-order valence-electron chi connectivity index (χ2n) is 17.2. The van der Waals surface area contributed by atoms with Gasteiger partial charge in [0.15, 0.2) is 0 Å². The lowest BCUT2D eigenvalue weighted by Crippen LogP contribution is -2.43. The summed E-state index contributed by atoms with van der Waals surface area (Å²) in [7, 11) is 0. The largest absolute Gasteiger partial charge is 0.278 e. The van der Waals surface area contributed by atoms with Gasteiger partial charge in [0, 0.05) is 21.9 Å². The minimum Gasteiger partial charge on any atom is -0.278 e. The second kappa shape index (κ2) is 12.7. The Morgan fingerprint density at radius 2 is 0.683 bits per heavy atom. The predicted octanol–water partition coefficient (Wildman–Crippen LogP) is 13.9. The molecule has 0 aliphatic heterocycles. The van der Waals surface area contributed by atoms with Crippen LogP contribution in [0.15, 0.2) is 224 Å². The van der Waals surface area contributed by atoms with Gasteiger partial charge in [-0.2, -0.15) is 0 Å². The van der Waals surface area contributed by atoms with Gasteiger partial charge < -0.3 is 0 Å². The van der Waals surface area contributed by atoms with Crippen LogP contribution >= 0.6 is 0 Å². The Bertz CT molecular complexity index is 3540. The third-order valence-corrected chi connectivity index (χ3v) is 14.3. The lowest BCUT2D eigenvalue weighted by atomic mass is 9.52. The molecule has 3 nitrogen and oxygen atoms in total. The Balaban J connectivity index is 1.12. The fourth-order valence-corrected chi connectivity index (χ4v) is 12.0. The van der Waals surface area contributed by atoms with E-state index in [0.29, 0.717) is 5.95 Å². The molecule has 0 amide bonds. The van der Waals surface area contributed by atoms with E-state index in [2.05, 4.69) is 229 Å². The van der Waals surface area contributed by atoms with E-state index in [1.165, 1.54) is 77.5 Å². The van der Waals surface area contributed by atoms with Crippen LogP contribution in [0, 0.1) is 0 Å². The number of hydrogen-bond acceptors (Lipinski definition) is 2. The van der Waals surface area contributed by atoms with Gasteiger partial charge in [-0.3, -0.25) is 4.57 Å². The molecule has 63 heavy (non-hydrogen) atoms. The molecule has 0 N–H and O–H groups in total. The van der Waals surface area contributed by atoms with Gasteiger partial charge >= 0.3 is 0 Å². The fourth-order valence-electron chi connectivity index (χ4n) is 12.0. The summed E-state index contributed by atoms with van der Waals surface area (Å²) >= 11 is 0. The van der Waals surface area contributed by atoms with E-state index in [1.54, 1.807) is 0 Å². The summed E-state index contributed by atoms with van der Waals surface area (Å²) in [5, 5.41) is 2.35. The monoisotopic (exact) mass is 799 g/mol. The number of hydrogen-bond donors (Lipinski definition) is 0. The van der Waals surface area contributed by atoms with E-state index in [4.69, 9.17) is 9.97 Å². The Morgan fingerprint density at radius 1 is 0.286 bits per heavy atom. The number of fused-ring (bicyclic) bond motifs is 19. The molecule has 0 radical (unpaired) electrons. The van der Waals surface area contributed by atoms with Gasteiger partial charge in [-0.15, -0.1) is 0 Å². The minimum absolute atomic E-state index is 0.498. The quantitative estimate of drug-likeness (QED) is 0.178. The van der Waals surface area contributed by atoms with Gasteiger partial charge in [-0.1, -0.05) is 200 Å². The molecule has 0 fully saturated rings. The molecule has 0 bridgehead atoms. The molecule has 0 saturated heterocycles. The molecule has 14 rings (SSSR count). The third-order valence-electron chi connectivity index (χ3n) is 14.3. The molecule has 9 aromatic carbocycles. The SMILES string of the molecule is c1ccc(-c2cc(-c3ccccc3)nc(-n3c4ccccc4c4cc5c(cc43)C3(c4ccccc4-5)c4ccccc4C4(c5ccccc5-c5ccccc54)c4ccccc43)n2)cc1. The summed E-state index contributed by atoms with van der Waals surface area (Å²) in [4.78, 5) is 10.8. The smallest absolute Gasteiger partial charge is 0.235 e. The maximum atomic E-state index is 5.42. The van der Waals surface area contributed by atoms with Gasteiger partial charge in [0.25, 0.3) is 0 Å². The molecule has 3 aliphatic rings. The first-order valence-corrected chi connectivity index (χ1v) is 21.8. The summed E-state index contributed by atoms with van der Waals surface area (Å²) < 4.78 is 2.31. The normalized spacial score (nSPS) is 14.3. The van der Waals surface area contributed by atoms with E-state index < -0.39 is 10.8 Å². The highest BCUT2D eigenvalue weighted by molar-refractivity contribution is 6.12. The van der Waals surface area contributed by atoms with Crippen LogP contribution in [0.3, 0.4) is 0 Å². The van der Waals surface area contributed by atoms with Crippen molar-refractivity contribution in [3.05, 3.63) is 269 Å². The zero-order valence-corrected chi connectivity index (χ0v) is 34.2. The van der Waals surface area contributed by atoms with Crippen molar-refractivity contribution in [3.8, 4) is 50.7 Å². The number of para-hydroxylation sites is 1. The van der Waals surface area contributed by atoms with Crippen LogP contribution in [0.25, 0.3) is 72.5 Å². The minimum atomic E-state index is -0.617. The van der Waals surface area contributed by atoms with Crippen LogP contribution < -0.4 is 0 Å². The Morgan fingerprint density at radius 3 is 1.19 bits per heavy atom. The van der Waals surface area contributed by atoms with Crippen molar-refractivity contribution in [1.29, 1.82) is 0 Å². The van der Waals surface area contributed by atoms with Crippen molar-refractivity contribution in [1.82, 2.24) is 14.5 Å². The third kappa shape index (κ3) is 4.38. The van der Waals surface area contributed by atoms with Gasteiger partial charge in [-0.05, 0) is 91.0 Å². The number of rotatable bonds is 3. The molecule has 0 unspecified atom stereocenters. The highest BCUT2D eigenvalue weighted by Crippen LogP contribution is 2.67. The molecular weight excluding hydrogens is 763 g/mol. The van der Waals surface area contributed by atoms with Crippen LogP contribution in [-0.4, -0.2) is 14.5 Å². The Hall–Kier alpha value is -8.14. The van der Waals surface area contributed by atoms with Crippen LogP contribution in [0.4, 0.5) is 0 Å². The van der Waals surface area contributed by atoms with Crippen molar-refractivity contribution in [2.24, 2.45) is 0 Å². The van der Waals surface area contributed by atoms with E-state index in [0.717, 1.165) is 33.5 Å². The van der Waals surface area contributed by atoms with Crippen molar-refractivity contribution >= 4 is 21.8 Å². The summed E-state index contributed by atoms with van der Waals surface area (Å²) in [6.45, 7) is 0. The molecule has 11 aromatic rings. The molecule has 2 spiro atoms. The van der Waals surface area contributed by atoms with Gasteiger partial charge in [0.2, 0.25) is 5.95 Å². The van der Waals surface area contributed by atoms with Crippen molar-refractivity contribution in [2.45, 2.75) is 10.8 Å². The van der Waals surface area contributed by atoms with Crippen molar-refractivity contribution in [2.75, 3.05) is 0 Å². The average molecular weight is 800 g/mol. The molecule has 3 aliphatic carbocycles. The highest BCUT2D eigenvalue weighted by atomic mass is 15.2. The van der Waals surface area contributed by atoms with Crippen LogP contribution in [-0.2, 0) is 10.8 Å². The lowest BCUT2D eigenvalue weighted by Gasteiger charge is -2.48. The fraction of sp³-hybridized carbons (Fsp3) is 0.0333. The summed E-state index contributed by atoms with van der Waals surface area (Å²) in [5.41, 5.74) is 20.6. The van der Waals surface area contributed by atoms with E-state index in [-0.39, 0.29) is 0 Å². The zero-order chi connectivity index (χ0) is 41.3. The summed E-state index contributed by atoms with van der Waals surface area (Å²) in [6.07, 6.45) is 0. The summed E-state index contributed by atoms with van der Waals surface area (Å²) in [5.74, 6) is 0.647. The van der Waals surface area contributed by atoms with E-state index >= 15 is 0 Å². The average Bonchev–Trinajstić information content (AvgIpc) is 3.95. The summed E-state index contributed by atoms with van der Waals surface area (Å²) in [6, 6.07) is 82.7. The van der Waals surface area contributed by atoms with Crippen LogP contribution in [0.5, 0.6) is 0 Å². The predicted molar refractivity (Wildman–Crippen MR) is 255 cm³/mol. The van der Waals surface area contributed by atoms with Gasteiger partial charge in [0.1, 0.15) is 0 Å². The van der Waals surface area contributed by atoms with E-state index in [9.17, 15) is 0 Å². The molecule has 2 aromatic heterocycles. The van der Waals surface area contributed by atoms with E-state index in [1.807, 2.05) is 0 Å². The lowest BCUT2D eigenvalue weighted by molar-refractivity contribution is 0.633. The van der Waals surface area contributed by atoms with Crippen molar-refractivity contribution in [3.63, 3.8) is 0 Å². The first-order chi connectivity index (χ1) is 31.3. The standard InChI is InChI=1S/C60H37N3/c1-3-19-38(20-4-1)54-37-55(39-21-5-2-6-22-39)62-58(61-54)63-56-34-18-10-26-43(56)45-35-44-42-25-9-13-29-48(42)60(53(44)36-57(45)63)51-32-16-14-30-49(51)59(50-31-15-17-33-52(50)60)46-27-11-7-23-40(46)41-24-8-12-28-47(41)59/h1-37H. The van der Waals surface area contributed by atoms with Gasteiger partial charge in [-0.25, -0.2) is 9.97 Å². The Kier molecular flexibility index (Phi) is 6.97. The molecule has 2 heterocycles. The molecular formula is C60H37N3. The van der Waals surface area contributed by atoms with Crippen molar-refractivity contribution < 1.29 is 0 Å².